The zero-order chi connectivity index (χ0) is 33.5. The molecule has 4 aliphatic rings. The van der Waals surface area contributed by atoms with Gasteiger partial charge in [-0.05, 0) is 80.8 Å². The van der Waals surface area contributed by atoms with Crippen LogP contribution in [0.5, 0.6) is 23.0 Å². The van der Waals surface area contributed by atoms with Gasteiger partial charge in [0.2, 0.25) is 0 Å². The van der Waals surface area contributed by atoms with Crippen molar-refractivity contribution in [3.8, 4) is 23.0 Å². The molecule has 6 aromatic carbocycles. The van der Waals surface area contributed by atoms with Crippen LogP contribution in [0.1, 0.15) is 0 Å². The van der Waals surface area contributed by atoms with E-state index in [2.05, 4.69) is 72.8 Å². The maximum absolute atomic E-state index is 5.70. The van der Waals surface area contributed by atoms with Crippen molar-refractivity contribution in [1.29, 1.82) is 0 Å². The van der Waals surface area contributed by atoms with Gasteiger partial charge in [0, 0.05) is 0 Å². The largest absolute Gasteiger partial charge is 0.491 e. The molecular weight excluding hydrogens is 632 g/mol. The lowest BCUT2D eigenvalue weighted by Gasteiger charge is -2.08. The molecule has 6 aromatic rings. The molecule has 4 fully saturated rings. The van der Waals surface area contributed by atoms with Gasteiger partial charge in [0.05, 0.1) is 26.4 Å². The Morgan fingerprint density at radius 2 is 0.580 bits per heavy atom. The topological polar surface area (TPSA) is 87.0 Å². The van der Waals surface area contributed by atoms with Crippen LogP contribution in [0.2, 0.25) is 0 Å². The fraction of sp³-hybridized carbons (Fsp3) is 0.286. The molecule has 0 N–H and O–H groups in total. The highest BCUT2D eigenvalue weighted by Gasteiger charge is 2.25. The van der Waals surface area contributed by atoms with Crippen LogP contribution >= 0.6 is 0 Å². The van der Waals surface area contributed by atoms with Crippen molar-refractivity contribution in [2.45, 2.75) is 24.4 Å². The Morgan fingerprint density at radius 3 is 0.820 bits per heavy atom. The summed E-state index contributed by atoms with van der Waals surface area (Å²) in [4.78, 5) is 0. The second kappa shape index (κ2) is 15.4. The lowest BCUT2D eigenvalue weighted by Crippen LogP contribution is -2.04. The van der Waals surface area contributed by atoms with Crippen LogP contribution in [0, 0.1) is 0 Å². The van der Waals surface area contributed by atoms with Crippen molar-refractivity contribution in [3.63, 3.8) is 0 Å². The van der Waals surface area contributed by atoms with Crippen molar-refractivity contribution < 1.29 is 37.9 Å². The SMILES string of the molecule is c1cc2ccc(OCC3CO3)cc2cc1OCC1CO1.c1cc2ccc(OCC3CO3)cc2cc1OCC1CO1.c1ccc2ccccc2c1. The molecule has 8 heteroatoms. The molecule has 0 bridgehead atoms. The van der Waals surface area contributed by atoms with E-state index in [9.17, 15) is 0 Å². The Labute approximate surface area is 291 Å². The van der Waals surface area contributed by atoms with E-state index in [0.29, 0.717) is 26.4 Å². The zero-order valence-corrected chi connectivity index (χ0v) is 27.8. The number of hydrogen-bond donors (Lipinski definition) is 0. The van der Waals surface area contributed by atoms with Crippen molar-refractivity contribution >= 4 is 32.3 Å². The maximum atomic E-state index is 5.70. The summed E-state index contributed by atoms with van der Waals surface area (Å²) < 4.78 is 43.4. The van der Waals surface area contributed by atoms with Crippen molar-refractivity contribution in [2.24, 2.45) is 0 Å². The predicted octanol–water partition coefficient (Wildman–Crippen LogP) is 7.63. The molecule has 8 nitrogen and oxygen atoms in total. The van der Waals surface area contributed by atoms with E-state index < -0.39 is 0 Å². The zero-order valence-electron chi connectivity index (χ0n) is 27.8. The van der Waals surface area contributed by atoms with E-state index in [1.807, 2.05) is 48.5 Å². The lowest BCUT2D eigenvalue weighted by atomic mass is 10.1. The van der Waals surface area contributed by atoms with E-state index in [4.69, 9.17) is 37.9 Å². The average Bonchev–Trinajstić information content (AvgIpc) is 3.97. The van der Waals surface area contributed by atoms with E-state index in [-0.39, 0.29) is 24.4 Å². The first-order chi connectivity index (χ1) is 24.7. The van der Waals surface area contributed by atoms with Gasteiger partial charge in [0.15, 0.2) is 0 Å². The summed E-state index contributed by atoms with van der Waals surface area (Å²) in [5.74, 6) is 3.48. The van der Waals surface area contributed by atoms with Gasteiger partial charge >= 0.3 is 0 Å². The maximum Gasteiger partial charge on any atom is 0.120 e. The van der Waals surface area contributed by atoms with E-state index in [1.165, 1.54) is 21.5 Å². The first-order valence-electron chi connectivity index (χ1n) is 17.2. The third-order valence-electron chi connectivity index (χ3n) is 8.58. The first kappa shape index (κ1) is 32.4. The molecule has 4 aliphatic heterocycles. The summed E-state index contributed by atoms with van der Waals surface area (Å²) >= 11 is 0. The van der Waals surface area contributed by atoms with Gasteiger partial charge in [0.1, 0.15) is 73.8 Å². The molecule has 0 aliphatic carbocycles. The van der Waals surface area contributed by atoms with Gasteiger partial charge in [-0.2, -0.15) is 0 Å². The summed E-state index contributed by atoms with van der Waals surface area (Å²) in [5, 5.41) is 7.21. The first-order valence-corrected chi connectivity index (χ1v) is 17.2. The fourth-order valence-electron chi connectivity index (χ4n) is 5.31. The van der Waals surface area contributed by atoms with E-state index in [1.54, 1.807) is 0 Å². The molecule has 4 unspecified atom stereocenters. The third-order valence-corrected chi connectivity index (χ3v) is 8.58. The van der Waals surface area contributed by atoms with Crippen LogP contribution in [0.25, 0.3) is 32.3 Å². The molecule has 4 saturated heterocycles. The molecule has 0 aromatic heterocycles. The minimum Gasteiger partial charge on any atom is -0.491 e. The minimum atomic E-state index is 0.277. The molecule has 4 heterocycles. The number of epoxide rings is 4. The van der Waals surface area contributed by atoms with Gasteiger partial charge in [0.25, 0.3) is 0 Å². The van der Waals surface area contributed by atoms with Crippen LogP contribution < -0.4 is 18.9 Å². The molecule has 0 amide bonds. The Balaban J connectivity index is 0.000000115. The highest BCUT2D eigenvalue weighted by atomic mass is 16.6. The fourth-order valence-corrected chi connectivity index (χ4v) is 5.31. The van der Waals surface area contributed by atoms with Gasteiger partial charge in [-0.3, -0.25) is 0 Å². The smallest absolute Gasteiger partial charge is 0.120 e. The second-order valence-corrected chi connectivity index (χ2v) is 12.8. The standard InChI is InChI=1S/2C16H16O4.C10H8/c2*1-3-13(17-7-15-9-19-15)5-12-6-14(4-2-11(1)12)18-8-16-10-20-16;1-2-6-10-8-4-3-7-9(10)5-1/h2*1-6,15-16H,7-10H2;1-8H. The molecule has 256 valence electrons. The molecule has 4 atom stereocenters. The number of rotatable bonds is 12. The molecule has 0 spiro atoms. The Kier molecular flexibility index (Phi) is 9.94. The number of benzene rings is 6. The highest BCUT2D eigenvalue weighted by Crippen LogP contribution is 2.28. The summed E-state index contributed by atoms with van der Waals surface area (Å²) in [6, 6.07) is 41.1. The van der Waals surface area contributed by atoms with Crippen LogP contribution in [-0.4, -0.2) is 77.3 Å². The van der Waals surface area contributed by atoms with Gasteiger partial charge < -0.3 is 37.9 Å². The Hall–Kier alpha value is -4.86. The highest BCUT2D eigenvalue weighted by molar-refractivity contribution is 5.86. The average molecular weight is 673 g/mol. The number of hydrogen-bond acceptors (Lipinski definition) is 8. The van der Waals surface area contributed by atoms with Gasteiger partial charge in [-0.1, -0.05) is 72.8 Å². The summed E-state index contributed by atoms with van der Waals surface area (Å²) in [6.45, 7) is 5.76. The van der Waals surface area contributed by atoms with Crippen LogP contribution in [-0.2, 0) is 18.9 Å². The van der Waals surface area contributed by atoms with Crippen molar-refractivity contribution in [1.82, 2.24) is 0 Å². The Bertz CT molecular complexity index is 1750. The quantitative estimate of drug-likeness (QED) is 0.123. The second-order valence-electron chi connectivity index (χ2n) is 12.8. The van der Waals surface area contributed by atoms with Gasteiger partial charge in [-0.15, -0.1) is 0 Å². The molecule has 0 radical (unpaired) electrons. The van der Waals surface area contributed by atoms with Gasteiger partial charge in [-0.25, -0.2) is 0 Å². The predicted molar refractivity (Wildman–Crippen MR) is 193 cm³/mol. The monoisotopic (exact) mass is 672 g/mol. The third kappa shape index (κ3) is 9.64. The number of fused-ring (bicyclic) bond motifs is 3. The molecule has 0 saturated carbocycles. The summed E-state index contributed by atoms with van der Waals surface area (Å²) in [7, 11) is 0. The summed E-state index contributed by atoms with van der Waals surface area (Å²) in [6.07, 6.45) is 1.11. The molecule has 50 heavy (non-hydrogen) atoms. The summed E-state index contributed by atoms with van der Waals surface area (Å²) in [5.41, 5.74) is 0. The molecule has 10 rings (SSSR count). The Morgan fingerprint density at radius 1 is 0.340 bits per heavy atom. The van der Waals surface area contributed by atoms with Crippen LogP contribution in [0.15, 0.2) is 121 Å². The van der Waals surface area contributed by atoms with E-state index >= 15 is 0 Å². The van der Waals surface area contributed by atoms with E-state index in [0.717, 1.165) is 60.2 Å². The molecular formula is C42H40O8. The van der Waals surface area contributed by atoms with Crippen molar-refractivity contribution in [3.05, 3.63) is 121 Å². The minimum absolute atomic E-state index is 0.277. The van der Waals surface area contributed by atoms with Crippen LogP contribution in [0.4, 0.5) is 0 Å². The van der Waals surface area contributed by atoms with Crippen molar-refractivity contribution in [2.75, 3.05) is 52.9 Å². The lowest BCUT2D eigenvalue weighted by molar-refractivity contribution is 0.262. The normalized spacial score (nSPS) is 20.9. The number of ether oxygens (including phenoxy) is 8. The van der Waals surface area contributed by atoms with Crippen LogP contribution in [0.3, 0.4) is 0 Å².